The lowest BCUT2D eigenvalue weighted by molar-refractivity contribution is -0.235. The number of aliphatic hydroxyl groups is 3. The van der Waals surface area contributed by atoms with Crippen molar-refractivity contribution in [2.45, 2.75) is 106 Å². The number of hydrogen-bond donors (Lipinski definition) is 4. The van der Waals surface area contributed by atoms with Crippen molar-refractivity contribution >= 4 is 23.2 Å². The molecule has 7 nitrogen and oxygen atoms in total. The molecular weight excluding hydrogens is 636 g/mol. The van der Waals surface area contributed by atoms with Gasteiger partial charge in [-0.25, -0.2) is 8.78 Å². The molecule has 0 radical (unpaired) electrons. The predicted octanol–water partition coefficient (Wildman–Crippen LogP) is 6.23. The van der Waals surface area contributed by atoms with Crippen LogP contribution < -0.4 is 5.32 Å². The Kier molecular flexibility index (Phi) is 8.49. The average Bonchev–Trinajstić information content (AvgIpc) is 3.56. The second kappa shape index (κ2) is 12.0. The van der Waals surface area contributed by atoms with Gasteiger partial charge in [0.25, 0.3) is 0 Å². The number of ketones is 1. The normalized spacial score (nSPS) is 41.3. The molecule has 0 bridgehead atoms. The summed E-state index contributed by atoms with van der Waals surface area (Å²) in [5.41, 5.74) is -3.48. The van der Waals surface area contributed by atoms with Crippen LogP contribution in [0.25, 0.3) is 0 Å². The lowest BCUT2D eigenvalue weighted by Gasteiger charge is -2.63. The quantitative estimate of drug-likeness (QED) is 0.192. The van der Waals surface area contributed by atoms with E-state index in [0.29, 0.717) is 11.6 Å². The minimum absolute atomic E-state index is 0.135. The first-order chi connectivity index (χ1) is 22.8. The molecule has 0 amide bonds. The van der Waals surface area contributed by atoms with Crippen molar-refractivity contribution in [1.82, 2.24) is 0 Å². The minimum Gasteiger partial charge on any atom is -0.390 e. The van der Waals surface area contributed by atoms with Crippen LogP contribution in [0, 0.1) is 22.7 Å². The van der Waals surface area contributed by atoms with E-state index in [-0.39, 0.29) is 24.8 Å². The zero-order valence-electron chi connectivity index (χ0n) is 27.7. The fourth-order valence-electron chi connectivity index (χ4n) is 9.75. The monoisotopic (exact) mass is 681 g/mol. The number of aliphatic hydroxyl groups excluding tert-OH is 3. The van der Waals surface area contributed by atoms with Crippen LogP contribution in [0.3, 0.4) is 0 Å². The molecule has 48 heavy (non-hydrogen) atoms. The number of carbonyl (C=O) groups is 1. The van der Waals surface area contributed by atoms with Gasteiger partial charge in [0.2, 0.25) is 0 Å². The molecule has 10 heteroatoms. The fourth-order valence-corrected chi connectivity index (χ4v) is 10.6. The third-order valence-corrected chi connectivity index (χ3v) is 13.1. The molecular formula is C38H45F2NO6S. The molecule has 4 N–H and O–H groups in total. The maximum absolute atomic E-state index is 17.6. The van der Waals surface area contributed by atoms with Crippen LogP contribution in [0.5, 0.6) is 0 Å². The lowest BCUT2D eigenvalue weighted by atomic mass is 9.44. The summed E-state index contributed by atoms with van der Waals surface area (Å²) in [6, 6.07) is 16.5. The number of alkyl halides is 2. The number of thioether (sulfide) groups is 1. The molecule has 1 heterocycles. The molecule has 3 saturated carbocycles. The topological polar surface area (TPSA) is 108 Å². The van der Waals surface area contributed by atoms with E-state index in [9.17, 15) is 20.1 Å². The molecule has 11 atom stereocenters. The number of Topliss-reactive ketones (excluding diaryl/α,β-unsaturated/α-hetero) is 1. The Morgan fingerprint density at radius 1 is 1.06 bits per heavy atom. The largest absolute Gasteiger partial charge is 0.390 e. The number of ether oxygens (including phenoxy) is 2. The van der Waals surface area contributed by atoms with E-state index in [4.69, 9.17) is 9.47 Å². The van der Waals surface area contributed by atoms with Crippen LogP contribution in [0.2, 0.25) is 0 Å². The summed E-state index contributed by atoms with van der Waals surface area (Å²) in [5, 5.41) is 35.5. The Morgan fingerprint density at radius 3 is 2.44 bits per heavy atom. The fraction of sp³-hybridized carbons (Fsp3) is 0.553. The molecule has 5 aliphatic rings. The van der Waals surface area contributed by atoms with Gasteiger partial charge in [-0.15, -0.1) is 11.8 Å². The van der Waals surface area contributed by atoms with Gasteiger partial charge in [-0.1, -0.05) is 43.3 Å². The number of anilines is 1. The van der Waals surface area contributed by atoms with Crippen molar-refractivity contribution in [3.63, 3.8) is 0 Å². The van der Waals surface area contributed by atoms with E-state index in [1.165, 1.54) is 18.2 Å². The maximum atomic E-state index is 17.6. The first kappa shape index (κ1) is 33.9. The Balaban J connectivity index is 1.12. The molecule has 1 saturated heterocycles. The van der Waals surface area contributed by atoms with Gasteiger partial charge in [-0.05, 0) is 87.4 Å². The van der Waals surface area contributed by atoms with Crippen molar-refractivity contribution in [3.8, 4) is 0 Å². The number of nitrogens with one attached hydrogen (secondary N) is 1. The van der Waals surface area contributed by atoms with Gasteiger partial charge in [0.05, 0.1) is 18.3 Å². The van der Waals surface area contributed by atoms with E-state index in [2.05, 4.69) is 43.4 Å². The number of rotatable bonds is 8. The third kappa shape index (κ3) is 4.88. The first-order valence-electron chi connectivity index (χ1n) is 16.9. The third-order valence-electron chi connectivity index (χ3n) is 12.0. The second-order valence-corrected chi connectivity index (χ2v) is 16.0. The number of halogens is 2. The molecule has 258 valence electrons. The number of hydrogen-bond acceptors (Lipinski definition) is 8. The van der Waals surface area contributed by atoms with Gasteiger partial charge < -0.3 is 30.1 Å². The van der Waals surface area contributed by atoms with Gasteiger partial charge in [0, 0.05) is 44.7 Å². The SMILES string of the molecule is CC(C)Nc1ccc(SCc2ccc([C@@H]3O[C@@H]4C[C@H]5[C@@H]6C[C@H](F)C7=CC(O)C=C[C@]7(C)[C@@]6(F)[C@@H](O)C[C@]5(C)[C@]4(C(=O)CO)O3)cc2)cc1. The Morgan fingerprint density at radius 2 is 1.77 bits per heavy atom. The Hall–Kier alpha value is -2.60. The van der Waals surface area contributed by atoms with Crippen molar-refractivity contribution in [3.05, 3.63) is 83.5 Å². The molecule has 2 aromatic carbocycles. The number of benzene rings is 2. The smallest absolute Gasteiger partial charge is 0.193 e. The Labute approximate surface area is 284 Å². The molecule has 0 aromatic heterocycles. The van der Waals surface area contributed by atoms with Crippen LogP contribution in [-0.2, 0) is 20.0 Å². The van der Waals surface area contributed by atoms with E-state index in [1.54, 1.807) is 25.6 Å². The van der Waals surface area contributed by atoms with Gasteiger partial charge in [0.15, 0.2) is 23.3 Å². The highest BCUT2D eigenvalue weighted by molar-refractivity contribution is 7.98. The molecule has 0 spiro atoms. The van der Waals surface area contributed by atoms with Gasteiger partial charge in [0.1, 0.15) is 12.8 Å². The second-order valence-electron chi connectivity index (χ2n) is 15.0. The highest BCUT2D eigenvalue weighted by Crippen LogP contribution is 2.72. The summed E-state index contributed by atoms with van der Waals surface area (Å²) in [6.45, 7) is 6.78. The van der Waals surface area contributed by atoms with Crippen molar-refractivity contribution in [2.24, 2.45) is 22.7 Å². The zero-order chi connectivity index (χ0) is 34.2. The van der Waals surface area contributed by atoms with Crippen LogP contribution in [0.15, 0.2) is 77.2 Å². The van der Waals surface area contributed by atoms with E-state index in [1.807, 2.05) is 24.3 Å². The summed E-state index contributed by atoms with van der Waals surface area (Å²) in [7, 11) is 0. The Bertz CT molecular complexity index is 1620. The molecule has 1 aliphatic heterocycles. The van der Waals surface area contributed by atoms with Gasteiger partial charge in [-0.2, -0.15) is 0 Å². The van der Waals surface area contributed by atoms with Crippen molar-refractivity contribution in [2.75, 3.05) is 11.9 Å². The number of allylic oxidation sites excluding steroid dienone is 2. The number of carbonyl (C=O) groups excluding carboxylic acids is 1. The van der Waals surface area contributed by atoms with Gasteiger partial charge in [-0.3, -0.25) is 4.79 Å². The van der Waals surface area contributed by atoms with E-state index in [0.717, 1.165) is 21.9 Å². The van der Waals surface area contributed by atoms with Crippen molar-refractivity contribution in [1.29, 1.82) is 0 Å². The summed E-state index contributed by atoms with van der Waals surface area (Å²) in [4.78, 5) is 14.9. The standard InChI is InChI=1S/C38H45F2NO6S/c1-21(2)41-24-9-11-26(12-10-24)48-20-22-5-7-23(8-6-22)34-46-33-17-27-28-16-30(39)29-15-25(43)13-14-35(29,3)37(28,40)31(44)18-36(27,4)38(33,47-34)32(45)19-42/h5-15,21,25,27-28,30-31,33-34,41-44H,16-20H2,1-4H3/t25?,27-,28-,30-,31-,33+,34+,35-,36-,37-,38+/m0/s1. The number of fused-ring (bicyclic) bond motifs is 7. The molecule has 4 fully saturated rings. The van der Waals surface area contributed by atoms with E-state index < -0.39 is 77.1 Å². The average molecular weight is 682 g/mol. The minimum atomic E-state index is -2.25. The molecule has 4 aliphatic carbocycles. The van der Waals surface area contributed by atoms with Crippen LogP contribution in [0.1, 0.15) is 64.4 Å². The molecule has 2 aromatic rings. The van der Waals surface area contributed by atoms with Crippen LogP contribution >= 0.6 is 11.8 Å². The molecule has 7 rings (SSSR count). The molecule has 1 unspecified atom stereocenters. The highest BCUT2D eigenvalue weighted by Gasteiger charge is 2.80. The lowest BCUT2D eigenvalue weighted by Crippen LogP contribution is -2.70. The summed E-state index contributed by atoms with van der Waals surface area (Å²) in [5.74, 6) is -1.36. The predicted molar refractivity (Wildman–Crippen MR) is 180 cm³/mol. The summed E-state index contributed by atoms with van der Waals surface area (Å²) < 4.78 is 46.6. The maximum Gasteiger partial charge on any atom is 0.193 e. The first-order valence-corrected chi connectivity index (χ1v) is 17.9. The highest BCUT2D eigenvalue weighted by atomic mass is 32.2. The zero-order valence-corrected chi connectivity index (χ0v) is 28.6. The van der Waals surface area contributed by atoms with Crippen LogP contribution in [-0.4, -0.2) is 69.5 Å². The van der Waals surface area contributed by atoms with E-state index >= 15 is 8.78 Å². The van der Waals surface area contributed by atoms with Crippen molar-refractivity contribution < 1.29 is 38.4 Å². The summed E-state index contributed by atoms with van der Waals surface area (Å²) in [6.07, 6.45) is -1.68. The summed E-state index contributed by atoms with van der Waals surface area (Å²) >= 11 is 1.72. The van der Waals surface area contributed by atoms with Crippen LogP contribution in [0.4, 0.5) is 14.5 Å². The van der Waals surface area contributed by atoms with Gasteiger partial charge >= 0.3 is 0 Å².